The molecule has 1 N–H and O–H groups in total. The summed E-state index contributed by atoms with van der Waals surface area (Å²) in [5, 5.41) is 9.18. The maximum Gasteiger partial charge on any atom is 0.335 e. The van der Waals surface area contributed by atoms with Crippen LogP contribution in [0.15, 0.2) is 36.4 Å². The lowest BCUT2D eigenvalue weighted by atomic mass is 9.92. The van der Waals surface area contributed by atoms with Crippen molar-refractivity contribution in [2.45, 2.75) is 33.6 Å². The van der Waals surface area contributed by atoms with Crippen molar-refractivity contribution >= 4 is 11.8 Å². The topological polar surface area (TPSA) is 54.4 Å². The van der Waals surface area contributed by atoms with Crippen LogP contribution < -0.4 is 0 Å². The third kappa shape index (κ3) is 3.25. The first-order chi connectivity index (χ1) is 10.4. The SMILES string of the molecule is CCCC(=O)c1ccc(C)c(-c2cc(C(=O)O)ccc2C)c1. The van der Waals surface area contributed by atoms with Crippen molar-refractivity contribution in [3.63, 3.8) is 0 Å². The summed E-state index contributed by atoms with van der Waals surface area (Å²) in [6, 6.07) is 10.7. The van der Waals surface area contributed by atoms with E-state index < -0.39 is 5.97 Å². The lowest BCUT2D eigenvalue weighted by Gasteiger charge is -2.12. The second-order valence-electron chi connectivity index (χ2n) is 5.54. The van der Waals surface area contributed by atoms with Gasteiger partial charge in [-0.1, -0.05) is 25.1 Å². The van der Waals surface area contributed by atoms with E-state index in [9.17, 15) is 14.7 Å². The fourth-order valence-electron chi connectivity index (χ4n) is 2.50. The van der Waals surface area contributed by atoms with E-state index in [1.807, 2.05) is 39.0 Å². The molecule has 0 unspecified atom stereocenters. The number of carboxylic acids is 1. The van der Waals surface area contributed by atoms with Gasteiger partial charge in [0.1, 0.15) is 0 Å². The molecule has 0 amide bonds. The van der Waals surface area contributed by atoms with Gasteiger partial charge in [0, 0.05) is 12.0 Å². The van der Waals surface area contributed by atoms with Gasteiger partial charge in [0.05, 0.1) is 5.56 Å². The molecule has 0 radical (unpaired) electrons. The molecule has 0 fully saturated rings. The van der Waals surface area contributed by atoms with Crippen molar-refractivity contribution in [1.82, 2.24) is 0 Å². The summed E-state index contributed by atoms with van der Waals surface area (Å²) >= 11 is 0. The standard InChI is InChI=1S/C19H20O3/c1-4-5-18(20)14-8-6-12(2)16(10-14)17-11-15(19(21)22)9-7-13(17)3/h6-11H,4-5H2,1-3H3,(H,21,22). The van der Waals surface area contributed by atoms with Gasteiger partial charge in [-0.3, -0.25) is 4.79 Å². The van der Waals surface area contributed by atoms with Crippen LogP contribution in [-0.2, 0) is 0 Å². The zero-order valence-corrected chi connectivity index (χ0v) is 13.1. The number of benzene rings is 2. The number of Topliss-reactive ketones (excluding diaryl/α,β-unsaturated/α-hetero) is 1. The first-order valence-corrected chi connectivity index (χ1v) is 7.42. The van der Waals surface area contributed by atoms with Gasteiger partial charge in [-0.05, 0) is 60.7 Å². The van der Waals surface area contributed by atoms with Gasteiger partial charge in [0.15, 0.2) is 5.78 Å². The van der Waals surface area contributed by atoms with E-state index in [0.717, 1.165) is 28.7 Å². The fraction of sp³-hybridized carbons (Fsp3) is 0.263. The van der Waals surface area contributed by atoms with Gasteiger partial charge < -0.3 is 5.11 Å². The summed E-state index contributed by atoms with van der Waals surface area (Å²) < 4.78 is 0. The monoisotopic (exact) mass is 296 g/mol. The molecular weight excluding hydrogens is 276 g/mol. The molecule has 0 bridgehead atoms. The predicted octanol–water partition coefficient (Wildman–Crippen LogP) is 4.65. The van der Waals surface area contributed by atoms with Crippen LogP contribution in [-0.4, -0.2) is 16.9 Å². The molecule has 0 saturated heterocycles. The Morgan fingerprint density at radius 3 is 1.91 bits per heavy atom. The Morgan fingerprint density at radius 1 is 0.909 bits per heavy atom. The summed E-state index contributed by atoms with van der Waals surface area (Å²) in [5.41, 5.74) is 4.74. The van der Waals surface area contributed by atoms with Crippen molar-refractivity contribution in [3.05, 3.63) is 58.7 Å². The molecule has 3 nitrogen and oxygen atoms in total. The lowest BCUT2D eigenvalue weighted by molar-refractivity contribution is 0.0696. The Bertz CT molecular complexity index is 729. The number of carboxylic acid groups (broad SMARTS) is 1. The van der Waals surface area contributed by atoms with Gasteiger partial charge in [0.25, 0.3) is 0 Å². The number of aromatic carboxylic acids is 1. The molecule has 0 atom stereocenters. The van der Waals surface area contributed by atoms with Gasteiger partial charge in [-0.25, -0.2) is 4.79 Å². The molecular formula is C19H20O3. The van der Waals surface area contributed by atoms with Crippen LogP contribution in [0.25, 0.3) is 11.1 Å². The molecule has 0 spiro atoms. The van der Waals surface area contributed by atoms with Gasteiger partial charge in [-0.15, -0.1) is 0 Å². The molecule has 114 valence electrons. The van der Waals surface area contributed by atoms with E-state index in [-0.39, 0.29) is 11.3 Å². The normalized spacial score (nSPS) is 10.5. The molecule has 2 rings (SSSR count). The number of carbonyl (C=O) groups excluding carboxylic acids is 1. The molecule has 0 saturated carbocycles. The summed E-state index contributed by atoms with van der Waals surface area (Å²) in [7, 11) is 0. The van der Waals surface area contributed by atoms with Gasteiger partial charge in [0.2, 0.25) is 0 Å². The minimum Gasteiger partial charge on any atom is -0.478 e. The van der Waals surface area contributed by atoms with Gasteiger partial charge >= 0.3 is 5.97 Å². The molecule has 0 aromatic heterocycles. The number of hydrogen-bond donors (Lipinski definition) is 1. The van der Waals surface area contributed by atoms with Crippen LogP contribution in [0.3, 0.4) is 0 Å². The molecule has 3 heteroatoms. The molecule has 2 aromatic rings. The maximum absolute atomic E-state index is 12.1. The number of rotatable bonds is 5. The average Bonchev–Trinajstić information content (AvgIpc) is 2.48. The molecule has 2 aromatic carbocycles. The number of carbonyl (C=O) groups is 2. The van der Waals surface area contributed by atoms with Crippen LogP contribution in [0, 0.1) is 13.8 Å². The smallest absolute Gasteiger partial charge is 0.335 e. The van der Waals surface area contributed by atoms with E-state index in [4.69, 9.17) is 0 Å². The Morgan fingerprint density at radius 2 is 1.41 bits per heavy atom. The quantitative estimate of drug-likeness (QED) is 0.817. The molecule has 0 aliphatic heterocycles. The predicted molar refractivity (Wildman–Crippen MR) is 87.5 cm³/mol. The van der Waals surface area contributed by atoms with Crippen LogP contribution >= 0.6 is 0 Å². The van der Waals surface area contributed by atoms with E-state index in [1.54, 1.807) is 18.2 Å². The van der Waals surface area contributed by atoms with Crippen molar-refractivity contribution in [2.24, 2.45) is 0 Å². The molecule has 22 heavy (non-hydrogen) atoms. The highest BCUT2D eigenvalue weighted by Crippen LogP contribution is 2.29. The highest BCUT2D eigenvalue weighted by molar-refractivity contribution is 5.98. The Kier molecular flexibility index (Phi) is 4.76. The minimum atomic E-state index is -0.947. The summed E-state index contributed by atoms with van der Waals surface area (Å²) in [4.78, 5) is 23.3. The molecule has 0 aliphatic rings. The molecule has 0 heterocycles. The number of hydrogen-bond acceptors (Lipinski definition) is 2. The Labute approximate surface area is 130 Å². The highest BCUT2D eigenvalue weighted by Gasteiger charge is 2.12. The number of aryl methyl sites for hydroxylation is 2. The van der Waals surface area contributed by atoms with E-state index >= 15 is 0 Å². The van der Waals surface area contributed by atoms with E-state index in [0.29, 0.717) is 12.0 Å². The third-order valence-corrected chi connectivity index (χ3v) is 3.81. The van der Waals surface area contributed by atoms with Crippen molar-refractivity contribution < 1.29 is 14.7 Å². The average molecular weight is 296 g/mol. The Balaban J connectivity index is 2.56. The van der Waals surface area contributed by atoms with Gasteiger partial charge in [-0.2, -0.15) is 0 Å². The Hall–Kier alpha value is -2.42. The highest BCUT2D eigenvalue weighted by atomic mass is 16.4. The minimum absolute atomic E-state index is 0.121. The zero-order valence-electron chi connectivity index (χ0n) is 13.1. The van der Waals surface area contributed by atoms with Crippen LogP contribution in [0.5, 0.6) is 0 Å². The second kappa shape index (κ2) is 6.56. The van der Waals surface area contributed by atoms with Crippen LogP contribution in [0.4, 0.5) is 0 Å². The fourth-order valence-corrected chi connectivity index (χ4v) is 2.50. The molecule has 0 aliphatic carbocycles. The van der Waals surface area contributed by atoms with Crippen molar-refractivity contribution in [3.8, 4) is 11.1 Å². The first-order valence-electron chi connectivity index (χ1n) is 7.42. The largest absolute Gasteiger partial charge is 0.478 e. The second-order valence-corrected chi connectivity index (χ2v) is 5.54. The lowest BCUT2D eigenvalue weighted by Crippen LogP contribution is -2.01. The van der Waals surface area contributed by atoms with Crippen molar-refractivity contribution in [1.29, 1.82) is 0 Å². The van der Waals surface area contributed by atoms with Crippen LogP contribution in [0.2, 0.25) is 0 Å². The first kappa shape index (κ1) is 16.0. The zero-order chi connectivity index (χ0) is 16.3. The van der Waals surface area contributed by atoms with E-state index in [2.05, 4.69) is 0 Å². The summed E-state index contributed by atoms with van der Waals surface area (Å²) in [5.74, 6) is -0.826. The maximum atomic E-state index is 12.1. The van der Waals surface area contributed by atoms with E-state index in [1.165, 1.54) is 0 Å². The number of ketones is 1. The van der Waals surface area contributed by atoms with Crippen LogP contribution in [0.1, 0.15) is 51.6 Å². The van der Waals surface area contributed by atoms with Crippen molar-refractivity contribution in [2.75, 3.05) is 0 Å². The third-order valence-electron chi connectivity index (χ3n) is 3.81. The summed E-state index contributed by atoms with van der Waals surface area (Å²) in [6.45, 7) is 5.89. The summed E-state index contributed by atoms with van der Waals surface area (Å²) in [6.07, 6.45) is 1.34.